The molecule has 18 heteroatoms. The third kappa shape index (κ3) is 22.9. The van der Waals surface area contributed by atoms with Gasteiger partial charge in [-0.15, -0.1) is 0 Å². The predicted octanol–water partition coefficient (Wildman–Crippen LogP) is -1.36. The Kier molecular flexibility index (Phi) is 27.5. The van der Waals surface area contributed by atoms with Crippen LogP contribution in [0.2, 0.25) is 0 Å². The topological polar surface area (TPSA) is 260 Å². The molecule has 0 saturated heterocycles. The fourth-order valence-electron chi connectivity index (χ4n) is 3.80. The molecule has 296 valence electrons. The highest BCUT2D eigenvalue weighted by Gasteiger charge is 2.39. The standard InChI is InChI=1S/C34H52O18/c1-5-9-29(41)47-17-23(37)15-45-27(13-35)33(51-21-25(39)19-49-31(43)11-7-3)34(52-22-26(40)20-50-32(44)12-8-4)28(14-36)46-16-24(38)18-48-30(42)10-6-2/h5-13,23-28,33-34,36-40H,14-22H2,1-4H3/t23?,24?,25?,26?,27-,28+,33+,34-/m0/s1. The molecular formula is C34H52O18. The zero-order valence-electron chi connectivity index (χ0n) is 29.7. The van der Waals surface area contributed by atoms with Gasteiger partial charge in [-0.1, -0.05) is 24.3 Å². The number of aldehydes is 1. The molecule has 52 heavy (non-hydrogen) atoms. The van der Waals surface area contributed by atoms with Crippen molar-refractivity contribution in [3.63, 3.8) is 0 Å². The number of aliphatic hydroxyl groups is 5. The van der Waals surface area contributed by atoms with Gasteiger partial charge >= 0.3 is 23.9 Å². The van der Waals surface area contributed by atoms with Crippen molar-refractivity contribution in [1.29, 1.82) is 0 Å². The number of hydrogen-bond acceptors (Lipinski definition) is 18. The number of hydrogen-bond donors (Lipinski definition) is 5. The van der Waals surface area contributed by atoms with Crippen LogP contribution in [-0.2, 0) is 61.9 Å². The molecule has 0 aliphatic heterocycles. The van der Waals surface area contributed by atoms with Crippen molar-refractivity contribution in [2.45, 2.75) is 76.5 Å². The van der Waals surface area contributed by atoms with Crippen molar-refractivity contribution in [3.8, 4) is 0 Å². The Morgan fingerprint density at radius 2 is 0.788 bits per heavy atom. The minimum absolute atomic E-state index is 0.247. The number of carbonyl (C=O) groups excluding carboxylic acids is 5. The molecule has 0 aromatic rings. The summed E-state index contributed by atoms with van der Waals surface area (Å²) in [6.07, 6.45) is -1.76. The smallest absolute Gasteiger partial charge is 0.330 e. The van der Waals surface area contributed by atoms with Crippen molar-refractivity contribution >= 4 is 30.2 Å². The molecule has 0 aliphatic rings. The van der Waals surface area contributed by atoms with E-state index >= 15 is 0 Å². The summed E-state index contributed by atoms with van der Waals surface area (Å²) in [6, 6.07) is 0. The first-order chi connectivity index (χ1) is 24.8. The van der Waals surface area contributed by atoms with Crippen molar-refractivity contribution in [2.75, 3.05) is 59.5 Å². The monoisotopic (exact) mass is 748 g/mol. The summed E-state index contributed by atoms with van der Waals surface area (Å²) < 4.78 is 42.5. The van der Waals surface area contributed by atoms with Gasteiger partial charge < -0.3 is 68.2 Å². The summed E-state index contributed by atoms with van der Waals surface area (Å²) >= 11 is 0. The van der Waals surface area contributed by atoms with Crippen molar-refractivity contribution < 1.29 is 87.4 Å². The lowest BCUT2D eigenvalue weighted by atomic mass is 10.0. The second kappa shape index (κ2) is 29.7. The van der Waals surface area contributed by atoms with Crippen LogP contribution in [-0.4, -0.2) is 164 Å². The quantitative estimate of drug-likeness (QED) is 0.0256. The summed E-state index contributed by atoms with van der Waals surface area (Å²) in [7, 11) is 0. The molecule has 0 aliphatic carbocycles. The van der Waals surface area contributed by atoms with Gasteiger partial charge in [-0.2, -0.15) is 0 Å². The van der Waals surface area contributed by atoms with E-state index in [-0.39, 0.29) is 6.29 Å². The Bertz CT molecular complexity index is 1150. The Morgan fingerprint density at radius 1 is 0.481 bits per heavy atom. The zero-order chi connectivity index (χ0) is 39.3. The highest BCUT2D eigenvalue weighted by atomic mass is 16.6. The fourth-order valence-corrected chi connectivity index (χ4v) is 3.80. The van der Waals surface area contributed by atoms with Gasteiger partial charge in [0.05, 0.1) is 33.0 Å². The second-order valence-corrected chi connectivity index (χ2v) is 10.7. The molecule has 0 aromatic carbocycles. The van der Waals surface area contributed by atoms with Crippen LogP contribution < -0.4 is 0 Å². The summed E-state index contributed by atoms with van der Waals surface area (Å²) in [5.41, 5.74) is 0. The van der Waals surface area contributed by atoms with E-state index in [1.807, 2.05) is 0 Å². The molecular weight excluding hydrogens is 696 g/mol. The third-order valence-corrected chi connectivity index (χ3v) is 6.16. The average Bonchev–Trinajstić information content (AvgIpc) is 3.11. The first kappa shape index (κ1) is 48.1. The Labute approximate surface area is 302 Å². The maximum absolute atomic E-state index is 12.4. The fraction of sp³-hybridized carbons (Fsp3) is 0.618. The van der Waals surface area contributed by atoms with Crippen LogP contribution in [0, 0.1) is 0 Å². The summed E-state index contributed by atoms with van der Waals surface area (Å²) in [4.78, 5) is 59.1. The number of rotatable bonds is 29. The van der Waals surface area contributed by atoms with Gasteiger partial charge in [-0.3, -0.25) is 0 Å². The van der Waals surface area contributed by atoms with Gasteiger partial charge in [-0.05, 0) is 27.7 Å². The molecule has 0 amide bonds. The lowest BCUT2D eigenvalue weighted by Gasteiger charge is -2.36. The molecule has 0 aromatic heterocycles. The van der Waals surface area contributed by atoms with E-state index < -0.39 is 132 Å². The maximum atomic E-state index is 12.4. The predicted molar refractivity (Wildman–Crippen MR) is 179 cm³/mol. The molecule has 0 radical (unpaired) electrons. The largest absolute Gasteiger partial charge is 0.460 e. The highest BCUT2D eigenvalue weighted by molar-refractivity contribution is 5.82. The first-order valence-electron chi connectivity index (χ1n) is 16.3. The van der Waals surface area contributed by atoms with E-state index in [4.69, 9.17) is 37.9 Å². The van der Waals surface area contributed by atoms with E-state index in [1.54, 1.807) is 27.7 Å². The number of ether oxygens (including phenoxy) is 8. The summed E-state index contributed by atoms with van der Waals surface area (Å²) in [6.45, 7) is 0.947. The molecule has 0 fully saturated rings. The van der Waals surface area contributed by atoms with E-state index in [0.29, 0.717) is 0 Å². The van der Waals surface area contributed by atoms with Crippen LogP contribution in [0.3, 0.4) is 0 Å². The minimum atomic E-state index is -1.67. The number of esters is 4. The molecule has 0 bridgehead atoms. The van der Waals surface area contributed by atoms with Gasteiger partial charge in [0.2, 0.25) is 0 Å². The maximum Gasteiger partial charge on any atom is 0.330 e. The van der Waals surface area contributed by atoms with Crippen LogP contribution in [0.1, 0.15) is 27.7 Å². The molecule has 4 unspecified atom stereocenters. The van der Waals surface area contributed by atoms with E-state index in [9.17, 15) is 49.5 Å². The Morgan fingerprint density at radius 3 is 1.10 bits per heavy atom. The number of aliphatic hydroxyl groups excluding tert-OH is 5. The van der Waals surface area contributed by atoms with Gasteiger partial charge in [0.15, 0.2) is 6.29 Å². The van der Waals surface area contributed by atoms with Crippen molar-refractivity contribution in [1.82, 2.24) is 0 Å². The van der Waals surface area contributed by atoms with Crippen molar-refractivity contribution in [3.05, 3.63) is 48.6 Å². The van der Waals surface area contributed by atoms with Crippen LogP contribution >= 0.6 is 0 Å². The van der Waals surface area contributed by atoms with E-state index in [2.05, 4.69) is 0 Å². The van der Waals surface area contributed by atoms with E-state index in [1.165, 1.54) is 24.3 Å². The molecule has 0 rings (SSSR count). The molecule has 0 spiro atoms. The number of allylic oxidation sites excluding steroid dienone is 4. The lowest BCUT2D eigenvalue weighted by Crippen LogP contribution is -2.53. The number of carbonyl (C=O) groups is 5. The van der Waals surface area contributed by atoms with Gasteiger partial charge in [0.25, 0.3) is 0 Å². The Balaban J connectivity index is 6.33. The van der Waals surface area contributed by atoms with Crippen LogP contribution in [0.5, 0.6) is 0 Å². The SMILES string of the molecule is CC=CC(=O)OCC(O)CO[C@H]([C@H](OCC(O)COC(=O)C=CC)[C@H](C=O)OCC(O)COC(=O)C=CC)[C@@H](CO)OCC(O)COC(=O)C=CC. The molecule has 18 nitrogen and oxygen atoms in total. The Hall–Kier alpha value is -3.85. The van der Waals surface area contributed by atoms with E-state index in [0.717, 1.165) is 24.3 Å². The molecule has 0 saturated carbocycles. The summed E-state index contributed by atoms with van der Waals surface area (Å²) in [5, 5.41) is 52.0. The minimum Gasteiger partial charge on any atom is -0.460 e. The highest BCUT2D eigenvalue weighted by Crippen LogP contribution is 2.19. The van der Waals surface area contributed by atoms with Gasteiger partial charge in [0.1, 0.15) is 75.3 Å². The first-order valence-corrected chi connectivity index (χ1v) is 16.3. The lowest BCUT2D eigenvalue weighted by molar-refractivity contribution is -0.205. The molecule has 5 N–H and O–H groups in total. The van der Waals surface area contributed by atoms with Crippen LogP contribution in [0.4, 0.5) is 0 Å². The van der Waals surface area contributed by atoms with Crippen LogP contribution in [0.15, 0.2) is 48.6 Å². The van der Waals surface area contributed by atoms with Gasteiger partial charge in [-0.25, -0.2) is 19.2 Å². The second-order valence-electron chi connectivity index (χ2n) is 10.7. The molecule has 0 heterocycles. The normalized spacial score (nSPS) is 16.6. The third-order valence-electron chi connectivity index (χ3n) is 6.16. The van der Waals surface area contributed by atoms with Crippen molar-refractivity contribution in [2.24, 2.45) is 0 Å². The van der Waals surface area contributed by atoms with Crippen LogP contribution in [0.25, 0.3) is 0 Å². The molecule has 8 atom stereocenters. The average molecular weight is 749 g/mol. The van der Waals surface area contributed by atoms with Gasteiger partial charge in [0, 0.05) is 24.3 Å². The zero-order valence-corrected chi connectivity index (χ0v) is 29.7. The summed E-state index contributed by atoms with van der Waals surface area (Å²) in [5.74, 6) is -3.00.